The molecule has 0 fully saturated rings. The fourth-order valence-electron chi connectivity index (χ4n) is 4.03. The highest BCUT2D eigenvalue weighted by Gasteiger charge is 2.31. The first-order valence-corrected chi connectivity index (χ1v) is 15.5. The molecule has 0 unspecified atom stereocenters. The summed E-state index contributed by atoms with van der Waals surface area (Å²) in [5, 5.41) is 7.96. The molecule has 0 aliphatic rings. The number of hydrogen-bond donors (Lipinski definition) is 4. The van der Waals surface area contributed by atoms with Gasteiger partial charge in [0.2, 0.25) is 5.91 Å². The smallest absolute Gasteiger partial charge is 0.329 e. The maximum atomic E-state index is 13.1. The molecule has 0 aliphatic carbocycles. The van der Waals surface area contributed by atoms with Gasteiger partial charge in [-0.15, -0.1) is 0 Å². The number of esters is 3. The number of hydrogen-bond acceptors (Lipinski definition) is 9. The minimum absolute atomic E-state index is 0.0690. The van der Waals surface area contributed by atoms with Crippen molar-refractivity contribution in [1.29, 1.82) is 0 Å². The van der Waals surface area contributed by atoms with Crippen LogP contribution in [0, 0.1) is 0 Å². The Morgan fingerprint density at radius 2 is 1.20 bits per heavy atom. The van der Waals surface area contributed by atoms with Crippen LogP contribution in [0.1, 0.15) is 100.0 Å². The molecule has 0 bridgehead atoms. The zero-order chi connectivity index (χ0) is 34.4. The summed E-state index contributed by atoms with van der Waals surface area (Å²) in [5.41, 5.74) is 4.66. The Labute approximate surface area is 267 Å². The molecule has 12 heteroatoms. The van der Waals surface area contributed by atoms with E-state index in [0.29, 0.717) is 25.8 Å². The van der Waals surface area contributed by atoms with Crippen LogP contribution >= 0.6 is 0 Å². The summed E-state index contributed by atoms with van der Waals surface area (Å²) < 4.78 is 16.3. The van der Waals surface area contributed by atoms with E-state index in [9.17, 15) is 24.0 Å². The number of carbonyl (C=O) groups excluding carboxylic acids is 5. The molecule has 0 saturated carbocycles. The summed E-state index contributed by atoms with van der Waals surface area (Å²) in [6.45, 7) is 15.7. The first-order valence-electron chi connectivity index (χ1n) is 15.5. The monoisotopic (exact) mass is 634 g/mol. The number of carbonyl (C=O) groups is 5. The lowest BCUT2D eigenvalue weighted by Gasteiger charge is -2.27. The van der Waals surface area contributed by atoms with Crippen molar-refractivity contribution in [3.63, 3.8) is 0 Å². The SMILES string of the molecule is CC(C)(C)OC(=O)CC[C@H](NC(=O)N[C@@H](CCCCNC(=O)[C@H](N)Cc1ccccc1)C(=O)OC(C)(C)C)C(=O)OC(C)(C)C. The van der Waals surface area contributed by atoms with Crippen molar-refractivity contribution < 1.29 is 38.2 Å². The van der Waals surface area contributed by atoms with Gasteiger partial charge in [0, 0.05) is 13.0 Å². The van der Waals surface area contributed by atoms with Crippen molar-refractivity contribution in [1.82, 2.24) is 16.0 Å². The van der Waals surface area contributed by atoms with E-state index in [4.69, 9.17) is 19.9 Å². The fourth-order valence-corrected chi connectivity index (χ4v) is 4.03. The number of rotatable bonds is 15. The van der Waals surface area contributed by atoms with Crippen LogP contribution in [0.2, 0.25) is 0 Å². The van der Waals surface area contributed by atoms with Gasteiger partial charge in [-0.1, -0.05) is 30.3 Å². The second-order valence-corrected chi connectivity index (χ2v) is 14.0. The van der Waals surface area contributed by atoms with Gasteiger partial charge in [-0.05, 0) is 100.0 Å². The molecule has 5 N–H and O–H groups in total. The topological polar surface area (TPSA) is 175 Å². The summed E-state index contributed by atoms with van der Waals surface area (Å²) in [5.74, 6) is -2.18. The molecule has 1 rings (SSSR count). The molecule has 0 saturated heterocycles. The van der Waals surface area contributed by atoms with E-state index in [2.05, 4.69) is 16.0 Å². The Hall–Kier alpha value is -3.67. The van der Waals surface area contributed by atoms with E-state index in [1.807, 2.05) is 30.3 Å². The Kier molecular flexibility index (Phi) is 15.5. The summed E-state index contributed by atoms with van der Waals surface area (Å²) >= 11 is 0. The van der Waals surface area contributed by atoms with Gasteiger partial charge in [-0.25, -0.2) is 14.4 Å². The van der Waals surface area contributed by atoms with Crippen LogP contribution in [-0.4, -0.2) is 71.3 Å². The van der Waals surface area contributed by atoms with Crippen molar-refractivity contribution in [2.75, 3.05) is 6.54 Å². The van der Waals surface area contributed by atoms with Crippen molar-refractivity contribution >= 4 is 29.8 Å². The molecule has 3 amide bonds. The van der Waals surface area contributed by atoms with Crippen LogP contribution < -0.4 is 21.7 Å². The van der Waals surface area contributed by atoms with Crippen molar-refractivity contribution in [3.8, 4) is 0 Å². The van der Waals surface area contributed by atoms with Crippen LogP contribution in [0.5, 0.6) is 0 Å². The molecule has 0 spiro atoms. The molecule has 0 aromatic heterocycles. The normalized spacial score (nSPS) is 13.9. The average Bonchev–Trinajstić information content (AvgIpc) is 2.87. The number of nitrogens with one attached hydrogen (secondary N) is 3. The summed E-state index contributed by atoms with van der Waals surface area (Å²) in [6, 6.07) is 5.77. The summed E-state index contributed by atoms with van der Waals surface area (Å²) in [7, 11) is 0. The lowest BCUT2D eigenvalue weighted by Crippen LogP contribution is -2.53. The largest absolute Gasteiger partial charge is 0.460 e. The zero-order valence-electron chi connectivity index (χ0n) is 28.4. The number of ether oxygens (including phenoxy) is 3. The number of nitrogens with two attached hydrogens (primary N) is 1. The second kappa shape index (κ2) is 17.7. The van der Waals surface area contributed by atoms with Gasteiger partial charge < -0.3 is 35.9 Å². The van der Waals surface area contributed by atoms with Gasteiger partial charge in [0.15, 0.2) is 0 Å². The molecule has 0 aliphatic heterocycles. The highest BCUT2D eigenvalue weighted by atomic mass is 16.6. The second-order valence-electron chi connectivity index (χ2n) is 14.0. The highest BCUT2D eigenvalue weighted by Crippen LogP contribution is 2.15. The predicted octanol–water partition coefficient (Wildman–Crippen LogP) is 3.68. The molecular formula is C33H54N4O8. The summed E-state index contributed by atoms with van der Waals surface area (Å²) in [6.07, 6.45) is 1.39. The van der Waals surface area contributed by atoms with Crippen molar-refractivity contribution in [3.05, 3.63) is 35.9 Å². The average molecular weight is 635 g/mol. The number of benzene rings is 1. The van der Waals surface area contributed by atoms with E-state index in [0.717, 1.165) is 5.56 Å². The standard InChI is InChI=1S/C33H54N4O8/c1-31(2,3)43-26(38)19-18-25(29(41)45-33(7,8)9)37-30(42)36-24(28(40)44-32(4,5)6)17-13-14-20-35-27(39)23(34)21-22-15-11-10-12-16-22/h10-12,15-16,23-25H,13-14,17-21,34H2,1-9H3,(H,35,39)(H2,36,37,42)/t23-,24+,25+/m1/s1. The lowest BCUT2D eigenvalue weighted by molar-refractivity contribution is -0.159. The molecule has 1 aromatic carbocycles. The van der Waals surface area contributed by atoms with Gasteiger partial charge in [-0.2, -0.15) is 0 Å². The lowest BCUT2D eigenvalue weighted by atomic mass is 10.1. The zero-order valence-corrected chi connectivity index (χ0v) is 28.4. The third kappa shape index (κ3) is 18.7. The minimum Gasteiger partial charge on any atom is -0.460 e. The maximum absolute atomic E-state index is 13.1. The first kappa shape index (κ1) is 39.4. The van der Waals surface area contributed by atoms with Gasteiger partial charge >= 0.3 is 23.9 Å². The van der Waals surface area contributed by atoms with Crippen LogP contribution in [0.4, 0.5) is 4.79 Å². The Bertz CT molecular complexity index is 1120. The molecule has 254 valence electrons. The van der Waals surface area contributed by atoms with Crippen LogP contribution in [0.25, 0.3) is 0 Å². The predicted molar refractivity (Wildman–Crippen MR) is 171 cm³/mol. The van der Waals surface area contributed by atoms with E-state index in [-0.39, 0.29) is 25.2 Å². The van der Waals surface area contributed by atoms with Gasteiger partial charge in [0.05, 0.1) is 6.04 Å². The Morgan fingerprint density at radius 1 is 0.711 bits per heavy atom. The molecule has 1 aromatic rings. The number of urea groups is 1. The minimum atomic E-state index is -1.17. The molecular weight excluding hydrogens is 580 g/mol. The van der Waals surface area contributed by atoms with E-state index >= 15 is 0 Å². The quantitative estimate of drug-likeness (QED) is 0.127. The third-order valence-corrected chi connectivity index (χ3v) is 5.90. The first-order chi connectivity index (χ1) is 20.6. The summed E-state index contributed by atoms with van der Waals surface area (Å²) in [4.78, 5) is 63.6. The van der Waals surface area contributed by atoms with E-state index < -0.39 is 58.9 Å². The van der Waals surface area contributed by atoms with Gasteiger partial charge in [0.1, 0.15) is 28.9 Å². The van der Waals surface area contributed by atoms with Crippen molar-refractivity contribution in [2.45, 2.75) is 136 Å². The van der Waals surface area contributed by atoms with Gasteiger partial charge in [0.25, 0.3) is 0 Å². The molecule has 0 heterocycles. The van der Waals surface area contributed by atoms with E-state index in [1.54, 1.807) is 62.3 Å². The third-order valence-electron chi connectivity index (χ3n) is 5.90. The Morgan fingerprint density at radius 3 is 1.69 bits per heavy atom. The van der Waals surface area contributed by atoms with Crippen LogP contribution in [0.3, 0.4) is 0 Å². The van der Waals surface area contributed by atoms with Crippen molar-refractivity contribution in [2.24, 2.45) is 5.73 Å². The highest BCUT2D eigenvalue weighted by molar-refractivity contribution is 5.87. The Balaban J connectivity index is 2.81. The van der Waals surface area contributed by atoms with Crippen LogP contribution in [0.15, 0.2) is 30.3 Å². The molecule has 3 atom stereocenters. The molecule has 12 nitrogen and oxygen atoms in total. The maximum Gasteiger partial charge on any atom is 0.329 e. The number of amides is 3. The molecule has 0 radical (unpaired) electrons. The van der Waals surface area contributed by atoms with Gasteiger partial charge in [-0.3, -0.25) is 9.59 Å². The number of unbranched alkanes of at least 4 members (excludes halogenated alkanes) is 1. The molecule has 45 heavy (non-hydrogen) atoms. The van der Waals surface area contributed by atoms with Crippen LogP contribution in [-0.2, 0) is 39.8 Å². The fraction of sp³-hybridized carbons (Fsp3) is 0.667. The van der Waals surface area contributed by atoms with E-state index in [1.165, 1.54) is 0 Å².